The van der Waals surface area contributed by atoms with Gasteiger partial charge in [-0.05, 0) is 77.9 Å². The van der Waals surface area contributed by atoms with E-state index in [0.29, 0.717) is 12.4 Å². The number of aromatic amines is 1. The molecule has 5 rings (SSSR count). The van der Waals surface area contributed by atoms with Crippen LogP contribution in [0.2, 0.25) is 0 Å². The predicted molar refractivity (Wildman–Crippen MR) is 153 cm³/mol. The highest BCUT2D eigenvalue weighted by Gasteiger charge is 2.20. The molecular formula is C30H36N8O. The van der Waals surface area contributed by atoms with E-state index in [-0.39, 0.29) is 11.7 Å². The van der Waals surface area contributed by atoms with Crippen LogP contribution in [-0.4, -0.2) is 39.3 Å². The van der Waals surface area contributed by atoms with E-state index in [4.69, 9.17) is 0 Å². The number of hydrogen-bond donors (Lipinski definition) is 1. The van der Waals surface area contributed by atoms with Crippen molar-refractivity contribution in [3.8, 4) is 28.3 Å². The summed E-state index contributed by atoms with van der Waals surface area (Å²) in [6, 6.07) is 12.5. The first-order valence-corrected chi connectivity index (χ1v) is 13.8. The van der Waals surface area contributed by atoms with Crippen LogP contribution >= 0.6 is 0 Å². The van der Waals surface area contributed by atoms with Crippen molar-refractivity contribution in [2.24, 2.45) is 0 Å². The molecule has 0 bridgehead atoms. The molecule has 0 spiro atoms. The number of nitrogens with one attached hydrogen (secondary N) is 1. The minimum absolute atomic E-state index is 0.0120. The van der Waals surface area contributed by atoms with Crippen molar-refractivity contribution in [1.82, 2.24) is 39.3 Å². The first-order chi connectivity index (χ1) is 19.0. The number of pyridine rings is 1. The molecule has 0 atom stereocenters. The van der Waals surface area contributed by atoms with E-state index in [0.717, 1.165) is 65.9 Å². The van der Waals surface area contributed by atoms with E-state index in [1.807, 2.05) is 33.5 Å². The SMILES string of the molecule is CCCCc1cn(-c2c(CCC)ccn2C(C)C)c(=O)n1Cc1cnccc1-c1ccc(-c2nnn[nH]2)cc1. The lowest BCUT2D eigenvalue weighted by Gasteiger charge is -2.15. The van der Waals surface area contributed by atoms with Gasteiger partial charge in [-0.25, -0.2) is 9.89 Å². The Bertz CT molecular complexity index is 1570. The second-order valence-corrected chi connectivity index (χ2v) is 10.2. The van der Waals surface area contributed by atoms with Crippen molar-refractivity contribution < 1.29 is 0 Å². The second kappa shape index (κ2) is 11.6. The molecule has 0 unspecified atom stereocenters. The average molecular weight is 525 g/mol. The van der Waals surface area contributed by atoms with Gasteiger partial charge < -0.3 is 4.57 Å². The number of unbranched alkanes of at least 4 members (excludes halogenated alkanes) is 1. The van der Waals surface area contributed by atoms with Crippen molar-refractivity contribution in [1.29, 1.82) is 0 Å². The van der Waals surface area contributed by atoms with Gasteiger partial charge in [-0.2, -0.15) is 0 Å². The Morgan fingerprint density at radius 2 is 1.74 bits per heavy atom. The molecule has 5 aromatic rings. The number of aryl methyl sites for hydroxylation is 2. The van der Waals surface area contributed by atoms with Crippen molar-refractivity contribution >= 4 is 0 Å². The van der Waals surface area contributed by atoms with Crippen LogP contribution in [-0.2, 0) is 19.4 Å². The van der Waals surface area contributed by atoms with Crippen molar-refractivity contribution in [3.63, 3.8) is 0 Å². The fraction of sp³-hybridized carbons (Fsp3) is 0.367. The Kier molecular flexibility index (Phi) is 7.86. The maximum Gasteiger partial charge on any atom is 0.334 e. The summed E-state index contributed by atoms with van der Waals surface area (Å²) in [6.45, 7) is 9.13. The minimum Gasteiger partial charge on any atom is -0.331 e. The van der Waals surface area contributed by atoms with Gasteiger partial charge in [-0.15, -0.1) is 5.10 Å². The van der Waals surface area contributed by atoms with Crippen LogP contribution in [0.3, 0.4) is 0 Å². The van der Waals surface area contributed by atoms with Gasteiger partial charge in [0.05, 0.1) is 6.54 Å². The lowest BCUT2D eigenvalue weighted by molar-refractivity contribution is 0.581. The number of benzene rings is 1. The predicted octanol–water partition coefficient (Wildman–Crippen LogP) is 5.61. The molecule has 1 N–H and O–H groups in total. The highest BCUT2D eigenvalue weighted by molar-refractivity contribution is 5.70. The summed E-state index contributed by atoms with van der Waals surface area (Å²) in [5, 5.41) is 14.1. The summed E-state index contributed by atoms with van der Waals surface area (Å²) in [7, 11) is 0. The van der Waals surface area contributed by atoms with Crippen LogP contribution in [0.1, 0.15) is 69.8 Å². The molecule has 39 heavy (non-hydrogen) atoms. The first-order valence-electron chi connectivity index (χ1n) is 13.8. The van der Waals surface area contributed by atoms with Gasteiger partial charge in [0.2, 0.25) is 0 Å². The van der Waals surface area contributed by atoms with Crippen LogP contribution in [0, 0.1) is 0 Å². The Morgan fingerprint density at radius 3 is 2.44 bits per heavy atom. The maximum absolute atomic E-state index is 14.1. The molecular weight excluding hydrogens is 488 g/mol. The van der Waals surface area contributed by atoms with Crippen LogP contribution in [0.15, 0.2) is 66.0 Å². The van der Waals surface area contributed by atoms with E-state index in [9.17, 15) is 4.79 Å². The standard InChI is InChI=1S/C30H36N8O/c1-5-7-9-26-20-38(29-24(8-6-2)15-17-36(29)21(3)4)30(39)37(26)19-25-18-31-16-14-27(25)22-10-12-23(13-11-22)28-32-34-35-33-28/h10-18,20-21H,5-9,19H2,1-4H3,(H,32,33,34,35). The monoisotopic (exact) mass is 524 g/mol. The number of H-pyrrole nitrogens is 1. The highest BCUT2D eigenvalue weighted by atomic mass is 16.1. The summed E-state index contributed by atoms with van der Waals surface area (Å²) in [5.41, 5.74) is 6.24. The number of rotatable bonds is 11. The van der Waals surface area contributed by atoms with Crippen molar-refractivity contribution in [2.75, 3.05) is 0 Å². The molecule has 4 aromatic heterocycles. The topological polar surface area (TPSA) is 99.2 Å². The number of imidazole rings is 1. The molecule has 0 radical (unpaired) electrons. The lowest BCUT2D eigenvalue weighted by Crippen LogP contribution is -2.27. The van der Waals surface area contributed by atoms with Crippen LogP contribution < -0.4 is 5.69 Å². The van der Waals surface area contributed by atoms with E-state index in [2.05, 4.69) is 88.5 Å². The van der Waals surface area contributed by atoms with E-state index < -0.39 is 0 Å². The highest BCUT2D eigenvalue weighted by Crippen LogP contribution is 2.27. The molecule has 0 saturated carbocycles. The molecule has 9 nitrogen and oxygen atoms in total. The third-order valence-electron chi connectivity index (χ3n) is 7.17. The normalized spacial score (nSPS) is 11.5. The quantitative estimate of drug-likeness (QED) is 0.242. The maximum atomic E-state index is 14.1. The van der Waals surface area contributed by atoms with Crippen molar-refractivity contribution in [3.05, 3.63) is 88.5 Å². The van der Waals surface area contributed by atoms with E-state index >= 15 is 0 Å². The number of nitrogens with zero attached hydrogens (tertiary/aromatic N) is 7. The van der Waals surface area contributed by atoms with Gasteiger partial charge in [0, 0.05) is 42.1 Å². The molecule has 0 fully saturated rings. The zero-order valence-electron chi connectivity index (χ0n) is 23.1. The van der Waals surface area contributed by atoms with Crippen molar-refractivity contribution in [2.45, 2.75) is 72.4 Å². The van der Waals surface area contributed by atoms with Crippen LogP contribution in [0.25, 0.3) is 28.3 Å². The molecule has 0 aliphatic carbocycles. The van der Waals surface area contributed by atoms with Gasteiger partial charge >= 0.3 is 5.69 Å². The Morgan fingerprint density at radius 1 is 0.949 bits per heavy atom. The summed E-state index contributed by atoms with van der Waals surface area (Å²) >= 11 is 0. The summed E-state index contributed by atoms with van der Waals surface area (Å²) in [5.74, 6) is 1.61. The number of aromatic nitrogens is 8. The second-order valence-electron chi connectivity index (χ2n) is 10.2. The molecule has 0 saturated heterocycles. The Hall–Kier alpha value is -4.27. The van der Waals surface area contributed by atoms with E-state index in [1.54, 1.807) is 6.20 Å². The Labute approximate surface area is 228 Å². The summed E-state index contributed by atoms with van der Waals surface area (Å²) in [6.07, 6.45) is 12.7. The number of tetrazole rings is 1. The zero-order valence-corrected chi connectivity index (χ0v) is 23.1. The minimum atomic E-state index is -0.0120. The first kappa shape index (κ1) is 26.3. The fourth-order valence-corrected chi connectivity index (χ4v) is 5.14. The van der Waals surface area contributed by atoms with Gasteiger partial charge in [0.1, 0.15) is 5.82 Å². The average Bonchev–Trinajstić information content (AvgIpc) is 3.69. The third-order valence-corrected chi connectivity index (χ3v) is 7.17. The number of hydrogen-bond acceptors (Lipinski definition) is 5. The van der Waals surface area contributed by atoms with Gasteiger partial charge in [-0.1, -0.05) is 51.0 Å². The molecule has 9 heteroatoms. The molecule has 0 aliphatic rings. The molecule has 0 aliphatic heterocycles. The Balaban J connectivity index is 1.56. The van der Waals surface area contributed by atoms with Gasteiger partial charge in [-0.3, -0.25) is 14.1 Å². The largest absolute Gasteiger partial charge is 0.334 e. The molecule has 1 aromatic carbocycles. The zero-order chi connectivity index (χ0) is 27.4. The fourth-order valence-electron chi connectivity index (χ4n) is 5.14. The van der Waals surface area contributed by atoms with Crippen LogP contribution in [0.5, 0.6) is 0 Å². The smallest absolute Gasteiger partial charge is 0.331 e. The molecule has 0 amide bonds. The van der Waals surface area contributed by atoms with E-state index in [1.165, 1.54) is 5.56 Å². The molecule has 4 heterocycles. The van der Waals surface area contributed by atoms with Gasteiger partial charge in [0.25, 0.3) is 0 Å². The molecule has 202 valence electrons. The summed E-state index contributed by atoms with van der Waals surface area (Å²) in [4.78, 5) is 18.5. The van der Waals surface area contributed by atoms with Gasteiger partial charge in [0.15, 0.2) is 5.82 Å². The van der Waals surface area contributed by atoms with Crippen LogP contribution in [0.4, 0.5) is 0 Å². The third kappa shape index (κ3) is 5.34. The lowest BCUT2D eigenvalue weighted by atomic mass is 10.00. The summed E-state index contributed by atoms with van der Waals surface area (Å²) < 4.78 is 6.01.